The molecule has 0 saturated carbocycles. The molecule has 4 nitrogen and oxygen atoms in total. The average molecular weight is 461 g/mol. The van der Waals surface area contributed by atoms with Crippen molar-refractivity contribution in [3.63, 3.8) is 0 Å². The molecule has 0 aromatic heterocycles. The molecule has 0 aromatic rings. The van der Waals surface area contributed by atoms with Crippen molar-refractivity contribution < 1.29 is 44.0 Å². The van der Waals surface area contributed by atoms with Gasteiger partial charge < -0.3 is 17.7 Å². The zero-order valence-electron chi connectivity index (χ0n) is 17.6. The van der Waals surface area contributed by atoms with Gasteiger partial charge in [0, 0.05) is 39.3 Å². The van der Waals surface area contributed by atoms with Crippen molar-refractivity contribution in [1.82, 2.24) is 0 Å². The van der Waals surface area contributed by atoms with Crippen LogP contribution in [0.15, 0.2) is 0 Å². The summed E-state index contributed by atoms with van der Waals surface area (Å²) >= 11 is 0. The Balaban J connectivity index is 0. The largest absolute Gasteiger partial charge is 0.395 e. The molecule has 12 heteroatoms. The maximum Gasteiger partial charge on any atom is 0.389 e. The van der Waals surface area contributed by atoms with Crippen LogP contribution in [0, 0.1) is 0 Å². The first-order valence-corrected chi connectivity index (χ1v) is 14.4. The van der Waals surface area contributed by atoms with Gasteiger partial charge in [0.25, 0.3) is 0 Å². The standard InChI is InChI=1S/2C8H17F3O2Si/c2*1-4-12-14(3,13-5-2)7-6-8(9,10)11/h2*4-7H2,1-3H3. The molecule has 0 rings (SSSR count). The molecule has 0 heterocycles. The van der Waals surface area contributed by atoms with E-state index in [4.69, 9.17) is 17.7 Å². The molecule has 0 bridgehead atoms. The van der Waals surface area contributed by atoms with Crippen LogP contribution < -0.4 is 0 Å². The molecule has 0 aliphatic rings. The van der Waals surface area contributed by atoms with E-state index >= 15 is 0 Å². The van der Waals surface area contributed by atoms with Crippen LogP contribution in [-0.2, 0) is 17.7 Å². The van der Waals surface area contributed by atoms with Crippen molar-refractivity contribution in [2.75, 3.05) is 26.4 Å². The van der Waals surface area contributed by atoms with E-state index in [1.165, 1.54) is 0 Å². The lowest BCUT2D eigenvalue weighted by Gasteiger charge is -2.26. The number of rotatable bonds is 12. The first-order valence-electron chi connectivity index (χ1n) is 9.35. The number of halogens is 6. The van der Waals surface area contributed by atoms with Crippen molar-refractivity contribution >= 4 is 17.1 Å². The van der Waals surface area contributed by atoms with E-state index in [9.17, 15) is 26.3 Å². The zero-order valence-corrected chi connectivity index (χ0v) is 19.6. The lowest BCUT2D eigenvalue weighted by molar-refractivity contribution is -0.132. The fraction of sp³-hybridized carbons (Fsp3) is 1.00. The highest BCUT2D eigenvalue weighted by molar-refractivity contribution is 6.66. The molecule has 0 saturated heterocycles. The summed E-state index contributed by atoms with van der Waals surface area (Å²) in [5.74, 6) is 0. The van der Waals surface area contributed by atoms with E-state index in [1.807, 2.05) is 0 Å². The van der Waals surface area contributed by atoms with Gasteiger partial charge in [-0.1, -0.05) is 0 Å². The molecule has 0 radical (unpaired) electrons. The first-order chi connectivity index (χ1) is 12.7. The molecule has 0 unspecified atom stereocenters. The van der Waals surface area contributed by atoms with Crippen molar-refractivity contribution in [3.05, 3.63) is 0 Å². The van der Waals surface area contributed by atoms with E-state index < -0.39 is 42.3 Å². The van der Waals surface area contributed by atoms with Crippen LogP contribution in [0.4, 0.5) is 26.3 Å². The van der Waals surface area contributed by atoms with Gasteiger partial charge in [-0.05, 0) is 52.9 Å². The van der Waals surface area contributed by atoms with E-state index in [-0.39, 0.29) is 12.1 Å². The van der Waals surface area contributed by atoms with Gasteiger partial charge in [-0.25, -0.2) is 0 Å². The quantitative estimate of drug-likeness (QED) is 0.258. The number of alkyl halides is 6. The second-order valence-electron chi connectivity index (χ2n) is 6.23. The highest BCUT2D eigenvalue weighted by Crippen LogP contribution is 2.28. The zero-order chi connectivity index (χ0) is 22.5. The molecule has 0 atom stereocenters. The third-order valence-corrected chi connectivity index (χ3v) is 9.44. The Bertz CT molecular complexity index is 346. The Morgan fingerprint density at radius 1 is 0.536 bits per heavy atom. The molecular formula is C16H34F6O4Si2. The normalized spacial score (nSPS) is 13.3. The number of hydrogen-bond donors (Lipinski definition) is 0. The van der Waals surface area contributed by atoms with Gasteiger partial charge in [-0.15, -0.1) is 0 Å². The second-order valence-corrected chi connectivity index (χ2v) is 12.9. The fourth-order valence-electron chi connectivity index (χ4n) is 2.33. The summed E-state index contributed by atoms with van der Waals surface area (Å²) in [5, 5.41) is 0. The minimum absolute atomic E-state index is 0.0296. The van der Waals surface area contributed by atoms with E-state index in [0.29, 0.717) is 26.4 Å². The highest BCUT2D eigenvalue weighted by Gasteiger charge is 2.38. The summed E-state index contributed by atoms with van der Waals surface area (Å²) in [5.41, 5.74) is 0. The fourth-order valence-corrected chi connectivity index (χ4v) is 6.99. The average Bonchev–Trinajstić information content (AvgIpc) is 2.52. The molecule has 0 fully saturated rings. The van der Waals surface area contributed by atoms with Crippen LogP contribution in [0.2, 0.25) is 25.2 Å². The number of hydrogen-bond acceptors (Lipinski definition) is 4. The van der Waals surface area contributed by atoms with Gasteiger partial charge in [0.1, 0.15) is 0 Å². The van der Waals surface area contributed by atoms with Crippen molar-refractivity contribution in [2.45, 2.75) is 78.1 Å². The van der Waals surface area contributed by atoms with Crippen LogP contribution in [0.25, 0.3) is 0 Å². The van der Waals surface area contributed by atoms with Gasteiger partial charge in [0.05, 0.1) is 0 Å². The van der Waals surface area contributed by atoms with E-state index in [1.54, 1.807) is 40.8 Å². The summed E-state index contributed by atoms with van der Waals surface area (Å²) in [6, 6.07) is -0.0592. The smallest absolute Gasteiger partial charge is 0.389 e. The Hall–Kier alpha value is -0.146. The molecule has 0 aromatic carbocycles. The topological polar surface area (TPSA) is 36.9 Å². The second kappa shape index (κ2) is 14.0. The minimum atomic E-state index is -4.12. The van der Waals surface area contributed by atoms with Crippen molar-refractivity contribution in [1.29, 1.82) is 0 Å². The summed E-state index contributed by atoms with van der Waals surface area (Å²) in [6.45, 7) is 12.0. The maximum atomic E-state index is 12.0. The van der Waals surface area contributed by atoms with Crippen LogP contribution >= 0.6 is 0 Å². The van der Waals surface area contributed by atoms with Gasteiger partial charge in [-0.2, -0.15) is 26.3 Å². The summed E-state index contributed by atoms with van der Waals surface area (Å²) in [6.07, 6.45) is -9.89. The van der Waals surface area contributed by atoms with Crippen molar-refractivity contribution in [2.24, 2.45) is 0 Å². The lowest BCUT2D eigenvalue weighted by atomic mass is 10.5. The Labute approximate surface area is 166 Å². The molecule has 0 amide bonds. The Kier molecular flexibility index (Phi) is 15.0. The molecule has 28 heavy (non-hydrogen) atoms. The molecular weight excluding hydrogens is 426 g/mol. The third-order valence-electron chi connectivity index (χ3n) is 3.52. The Morgan fingerprint density at radius 2 is 0.750 bits per heavy atom. The van der Waals surface area contributed by atoms with Gasteiger partial charge in [0.2, 0.25) is 0 Å². The van der Waals surface area contributed by atoms with E-state index in [2.05, 4.69) is 0 Å². The van der Waals surface area contributed by atoms with Gasteiger partial charge in [0.15, 0.2) is 0 Å². The summed E-state index contributed by atoms with van der Waals surface area (Å²) in [4.78, 5) is 0. The highest BCUT2D eigenvalue weighted by atomic mass is 28.4. The SMILES string of the molecule is CCO[Si](C)(CCC(F)(F)F)OCC.CCO[Si](C)(CCC(F)(F)F)OCC. The third kappa shape index (κ3) is 17.9. The van der Waals surface area contributed by atoms with E-state index in [0.717, 1.165) is 0 Å². The monoisotopic (exact) mass is 460 g/mol. The predicted molar refractivity (Wildman–Crippen MR) is 101 cm³/mol. The first kappa shape index (κ1) is 30.1. The molecule has 0 aliphatic heterocycles. The maximum absolute atomic E-state index is 12.0. The van der Waals surface area contributed by atoms with Crippen LogP contribution in [0.5, 0.6) is 0 Å². The van der Waals surface area contributed by atoms with Crippen LogP contribution in [0.1, 0.15) is 40.5 Å². The Morgan fingerprint density at radius 3 is 0.893 bits per heavy atom. The predicted octanol–water partition coefficient (Wildman–Crippen LogP) is 6.17. The molecule has 0 spiro atoms. The van der Waals surface area contributed by atoms with Crippen molar-refractivity contribution in [3.8, 4) is 0 Å². The van der Waals surface area contributed by atoms with Gasteiger partial charge in [-0.3, -0.25) is 0 Å². The minimum Gasteiger partial charge on any atom is -0.395 e. The van der Waals surface area contributed by atoms with Crippen LogP contribution in [-0.4, -0.2) is 55.9 Å². The summed E-state index contributed by atoms with van der Waals surface area (Å²) < 4.78 is 93.0. The molecule has 0 N–H and O–H groups in total. The van der Waals surface area contributed by atoms with Crippen LogP contribution in [0.3, 0.4) is 0 Å². The summed E-state index contributed by atoms with van der Waals surface area (Å²) in [7, 11) is -5.16. The lowest BCUT2D eigenvalue weighted by Crippen LogP contribution is -2.39. The molecule has 172 valence electrons. The van der Waals surface area contributed by atoms with Gasteiger partial charge >= 0.3 is 29.5 Å². The molecule has 0 aliphatic carbocycles.